The summed E-state index contributed by atoms with van der Waals surface area (Å²) in [5.74, 6) is 0.952. The molecular weight excluding hydrogens is 186 g/mol. The minimum Gasteiger partial charge on any atom is -0.497 e. The number of benzene rings is 1. The number of nitrogens with zero attached hydrogens (tertiary/aromatic N) is 1. The highest BCUT2D eigenvalue weighted by Crippen LogP contribution is 2.26. The Bertz CT molecular complexity index is 329. The average molecular weight is 205 g/mol. The summed E-state index contributed by atoms with van der Waals surface area (Å²) in [6.07, 6.45) is 4.03. The van der Waals surface area contributed by atoms with Crippen molar-refractivity contribution < 1.29 is 4.74 Å². The topological polar surface area (TPSA) is 12.5 Å². The SMILES string of the molecule is COc1ccc(N2CCCCC2)c(C)c1. The highest BCUT2D eigenvalue weighted by Gasteiger charge is 2.12. The van der Waals surface area contributed by atoms with Crippen molar-refractivity contribution in [3.63, 3.8) is 0 Å². The molecule has 2 nitrogen and oxygen atoms in total. The van der Waals surface area contributed by atoms with E-state index >= 15 is 0 Å². The molecule has 2 heteroatoms. The van der Waals surface area contributed by atoms with Gasteiger partial charge in [0.05, 0.1) is 7.11 Å². The number of hydrogen-bond donors (Lipinski definition) is 0. The first-order valence-corrected chi connectivity index (χ1v) is 5.71. The molecule has 1 heterocycles. The Morgan fingerprint density at radius 1 is 1.13 bits per heavy atom. The van der Waals surface area contributed by atoms with Gasteiger partial charge in [0.25, 0.3) is 0 Å². The lowest BCUT2D eigenvalue weighted by Gasteiger charge is -2.30. The highest BCUT2D eigenvalue weighted by molar-refractivity contribution is 5.55. The zero-order valence-electron chi connectivity index (χ0n) is 9.62. The second-order valence-corrected chi connectivity index (χ2v) is 4.20. The Labute approximate surface area is 91.9 Å². The van der Waals surface area contributed by atoms with Crippen LogP contribution in [0.5, 0.6) is 5.75 Å². The smallest absolute Gasteiger partial charge is 0.119 e. The highest BCUT2D eigenvalue weighted by atomic mass is 16.5. The molecule has 1 fully saturated rings. The van der Waals surface area contributed by atoms with Gasteiger partial charge < -0.3 is 9.64 Å². The van der Waals surface area contributed by atoms with Crippen LogP contribution in [0.3, 0.4) is 0 Å². The third-order valence-corrected chi connectivity index (χ3v) is 3.10. The molecule has 0 spiro atoms. The molecule has 15 heavy (non-hydrogen) atoms. The normalized spacial score (nSPS) is 16.5. The van der Waals surface area contributed by atoms with E-state index in [9.17, 15) is 0 Å². The van der Waals surface area contributed by atoms with Crippen LogP contribution in [0.2, 0.25) is 0 Å². The molecule has 0 radical (unpaired) electrons. The van der Waals surface area contributed by atoms with Crippen LogP contribution < -0.4 is 9.64 Å². The Hall–Kier alpha value is -1.18. The molecule has 1 aliphatic rings. The second-order valence-electron chi connectivity index (χ2n) is 4.20. The van der Waals surface area contributed by atoms with Gasteiger partial charge in [0.2, 0.25) is 0 Å². The first kappa shape index (κ1) is 10.3. The summed E-state index contributed by atoms with van der Waals surface area (Å²) < 4.78 is 5.22. The molecule has 0 unspecified atom stereocenters. The lowest BCUT2D eigenvalue weighted by molar-refractivity contribution is 0.414. The number of rotatable bonds is 2. The fourth-order valence-corrected chi connectivity index (χ4v) is 2.24. The molecule has 0 bridgehead atoms. The van der Waals surface area contributed by atoms with Crippen molar-refractivity contribution in [2.75, 3.05) is 25.1 Å². The maximum Gasteiger partial charge on any atom is 0.119 e. The summed E-state index contributed by atoms with van der Waals surface area (Å²) in [6.45, 7) is 4.56. The molecule has 1 aromatic carbocycles. The van der Waals surface area contributed by atoms with E-state index in [0.717, 1.165) is 5.75 Å². The Morgan fingerprint density at radius 2 is 1.87 bits per heavy atom. The minimum absolute atomic E-state index is 0.952. The van der Waals surface area contributed by atoms with Crippen LogP contribution in [-0.2, 0) is 0 Å². The van der Waals surface area contributed by atoms with Gasteiger partial charge in [-0.2, -0.15) is 0 Å². The van der Waals surface area contributed by atoms with E-state index in [1.165, 1.54) is 43.6 Å². The number of piperidine rings is 1. The number of anilines is 1. The third kappa shape index (κ3) is 2.25. The predicted octanol–water partition coefficient (Wildman–Crippen LogP) is 2.99. The Balaban J connectivity index is 2.19. The van der Waals surface area contributed by atoms with E-state index < -0.39 is 0 Å². The van der Waals surface area contributed by atoms with Gasteiger partial charge in [0.15, 0.2) is 0 Å². The second kappa shape index (κ2) is 4.56. The van der Waals surface area contributed by atoms with Crippen molar-refractivity contribution >= 4 is 5.69 Å². The molecule has 1 saturated heterocycles. The van der Waals surface area contributed by atoms with E-state index in [0.29, 0.717) is 0 Å². The summed E-state index contributed by atoms with van der Waals surface area (Å²) >= 11 is 0. The van der Waals surface area contributed by atoms with Gasteiger partial charge in [-0.1, -0.05) is 0 Å². The van der Waals surface area contributed by atoms with Crippen molar-refractivity contribution in [2.45, 2.75) is 26.2 Å². The first-order valence-electron chi connectivity index (χ1n) is 5.71. The van der Waals surface area contributed by atoms with E-state index in [4.69, 9.17) is 4.74 Å². The van der Waals surface area contributed by atoms with Crippen LogP contribution in [0.25, 0.3) is 0 Å². The van der Waals surface area contributed by atoms with Crippen molar-refractivity contribution in [3.8, 4) is 5.75 Å². The van der Waals surface area contributed by atoms with Crippen molar-refractivity contribution in [2.24, 2.45) is 0 Å². The predicted molar refractivity (Wildman–Crippen MR) is 63.8 cm³/mol. The monoisotopic (exact) mass is 205 g/mol. The van der Waals surface area contributed by atoms with Crippen molar-refractivity contribution in [3.05, 3.63) is 23.8 Å². The molecule has 1 aliphatic heterocycles. The van der Waals surface area contributed by atoms with Gasteiger partial charge in [-0.3, -0.25) is 0 Å². The van der Waals surface area contributed by atoms with Gasteiger partial charge in [-0.25, -0.2) is 0 Å². The number of methoxy groups -OCH3 is 1. The van der Waals surface area contributed by atoms with Crippen molar-refractivity contribution in [1.82, 2.24) is 0 Å². The minimum atomic E-state index is 0.952. The van der Waals surface area contributed by atoms with E-state index in [1.54, 1.807) is 7.11 Å². The third-order valence-electron chi connectivity index (χ3n) is 3.10. The van der Waals surface area contributed by atoms with E-state index in [2.05, 4.69) is 30.0 Å². The molecule has 82 valence electrons. The van der Waals surface area contributed by atoms with Crippen LogP contribution in [0.4, 0.5) is 5.69 Å². The van der Waals surface area contributed by atoms with Crippen molar-refractivity contribution in [1.29, 1.82) is 0 Å². The summed E-state index contributed by atoms with van der Waals surface area (Å²) in [5.41, 5.74) is 2.69. The lowest BCUT2D eigenvalue weighted by Crippen LogP contribution is -2.29. The quantitative estimate of drug-likeness (QED) is 0.736. The van der Waals surface area contributed by atoms with Crippen LogP contribution >= 0.6 is 0 Å². The summed E-state index contributed by atoms with van der Waals surface area (Å²) in [5, 5.41) is 0. The molecule has 0 aromatic heterocycles. The van der Waals surface area contributed by atoms with Crippen LogP contribution in [-0.4, -0.2) is 20.2 Å². The Morgan fingerprint density at radius 3 is 2.47 bits per heavy atom. The maximum absolute atomic E-state index is 5.22. The molecule has 0 N–H and O–H groups in total. The van der Waals surface area contributed by atoms with E-state index in [1.807, 2.05) is 0 Å². The zero-order chi connectivity index (χ0) is 10.7. The van der Waals surface area contributed by atoms with Crippen LogP contribution in [0.15, 0.2) is 18.2 Å². The zero-order valence-corrected chi connectivity index (χ0v) is 9.62. The van der Waals surface area contributed by atoms with E-state index in [-0.39, 0.29) is 0 Å². The van der Waals surface area contributed by atoms with Crippen LogP contribution in [0.1, 0.15) is 24.8 Å². The van der Waals surface area contributed by atoms with Crippen LogP contribution in [0, 0.1) is 6.92 Å². The van der Waals surface area contributed by atoms with Gasteiger partial charge in [0, 0.05) is 18.8 Å². The largest absolute Gasteiger partial charge is 0.497 e. The Kier molecular flexibility index (Phi) is 3.14. The molecule has 0 aliphatic carbocycles. The molecule has 0 atom stereocenters. The standard InChI is InChI=1S/C13H19NO/c1-11-10-12(15-2)6-7-13(11)14-8-4-3-5-9-14/h6-7,10H,3-5,8-9H2,1-2H3. The summed E-state index contributed by atoms with van der Waals surface area (Å²) in [7, 11) is 1.72. The van der Waals surface area contributed by atoms with Gasteiger partial charge in [0.1, 0.15) is 5.75 Å². The molecule has 0 amide bonds. The summed E-state index contributed by atoms with van der Waals surface area (Å²) in [4.78, 5) is 2.48. The number of aryl methyl sites for hydroxylation is 1. The first-order chi connectivity index (χ1) is 7.31. The molecular formula is C13H19NO. The average Bonchev–Trinajstić information content (AvgIpc) is 2.30. The molecule has 1 aromatic rings. The fourth-order valence-electron chi connectivity index (χ4n) is 2.24. The number of ether oxygens (including phenoxy) is 1. The fraction of sp³-hybridized carbons (Fsp3) is 0.538. The molecule has 2 rings (SSSR count). The number of hydrogen-bond acceptors (Lipinski definition) is 2. The van der Waals surface area contributed by atoms with Gasteiger partial charge in [-0.05, 0) is 49.9 Å². The molecule has 0 saturated carbocycles. The summed E-state index contributed by atoms with van der Waals surface area (Å²) in [6, 6.07) is 6.35. The van der Waals surface area contributed by atoms with Gasteiger partial charge >= 0.3 is 0 Å². The maximum atomic E-state index is 5.22. The lowest BCUT2D eigenvalue weighted by atomic mass is 10.1. The van der Waals surface area contributed by atoms with Gasteiger partial charge in [-0.15, -0.1) is 0 Å².